The van der Waals surface area contributed by atoms with Crippen LogP contribution in [0.2, 0.25) is 0 Å². The minimum Gasteiger partial charge on any atom is -0.459 e. The number of carbonyl (C=O) groups excluding carboxylic acids is 2. The molecule has 7 heteroatoms. The predicted octanol–water partition coefficient (Wildman–Crippen LogP) is 2.27. The summed E-state index contributed by atoms with van der Waals surface area (Å²) in [6.45, 7) is 14.3. The van der Waals surface area contributed by atoms with Crippen molar-refractivity contribution in [3.63, 3.8) is 0 Å². The average molecular weight is 373 g/mol. The molecule has 0 saturated carbocycles. The molecule has 152 valence electrons. The summed E-state index contributed by atoms with van der Waals surface area (Å²) in [6.07, 6.45) is -0.224. The van der Waals surface area contributed by atoms with E-state index in [1.165, 1.54) is 4.90 Å². The molecule has 1 amide bonds. The lowest BCUT2D eigenvalue weighted by Crippen LogP contribution is -2.50. The van der Waals surface area contributed by atoms with E-state index < -0.39 is 29.4 Å². The van der Waals surface area contributed by atoms with E-state index in [1.807, 2.05) is 53.4 Å². The second-order valence-electron chi connectivity index (χ2n) is 9.25. The molecule has 0 bridgehead atoms. The molecule has 0 aromatic rings. The first-order valence-corrected chi connectivity index (χ1v) is 9.28. The molecule has 1 fully saturated rings. The number of carbonyl (C=O) groups is 2. The number of ether oxygens (including phenoxy) is 2. The van der Waals surface area contributed by atoms with Crippen molar-refractivity contribution in [2.75, 3.05) is 26.7 Å². The van der Waals surface area contributed by atoms with Gasteiger partial charge >= 0.3 is 12.1 Å². The maximum absolute atomic E-state index is 12.8. The maximum atomic E-state index is 12.8. The molecular formula is C19H36N2O5. The van der Waals surface area contributed by atoms with Crippen molar-refractivity contribution in [1.82, 2.24) is 9.80 Å². The third kappa shape index (κ3) is 7.50. The van der Waals surface area contributed by atoms with Crippen LogP contribution in [0, 0.1) is 5.92 Å². The van der Waals surface area contributed by atoms with E-state index in [0.29, 0.717) is 26.1 Å². The van der Waals surface area contributed by atoms with Crippen LogP contribution in [0.15, 0.2) is 0 Å². The minimum absolute atomic E-state index is 0.173. The number of hydrogen-bond acceptors (Lipinski definition) is 6. The number of aliphatic hydroxyl groups is 1. The van der Waals surface area contributed by atoms with Gasteiger partial charge in [-0.25, -0.2) is 4.79 Å². The highest BCUT2D eigenvalue weighted by Gasteiger charge is 2.39. The van der Waals surface area contributed by atoms with Gasteiger partial charge in [0.15, 0.2) is 0 Å². The fourth-order valence-electron chi connectivity index (χ4n) is 3.07. The molecule has 1 N–H and O–H groups in total. The number of likely N-dealkylation sites (tertiary alicyclic amines) is 1. The third-order valence-corrected chi connectivity index (χ3v) is 4.04. The van der Waals surface area contributed by atoms with E-state index in [1.54, 1.807) is 7.05 Å². The summed E-state index contributed by atoms with van der Waals surface area (Å²) < 4.78 is 11.0. The van der Waals surface area contributed by atoms with Crippen molar-refractivity contribution in [2.45, 2.75) is 78.2 Å². The summed E-state index contributed by atoms with van der Waals surface area (Å²) in [5.41, 5.74) is -1.16. The van der Waals surface area contributed by atoms with Crippen LogP contribution in [0.1, 0.15) is 54.9 Å². The number of hydrogen-bond donors (Lipinski definition) is 1. The molecule has 3 atom stereocenters. The zero-order valence-electron chi connectivity index (χ0n) is 17.5. The summed E-state index contributed by atoms with van der Waals surface area (Å²) in [4.78, 5) is 28.5. The van der Waals surface area contributed by atoms with Crippen molar-refractivity contribution in [3.8, 4) is 0 Å². The van der Waals surface area contributed by atoms with Crippen LogP contribution in [0.3, 0.4) is 0 Å². The van der Waals surface area contributed by atoms with Gasteiger partial charge in [-0.1, -0.05) is 6.92 Å². The molecule has 7 nitrogen and oxygen atoms in total. The summed E-state index contributed by atoms with van der Waals surface area (Å²) in [6, 6.07) is -0.517. The van der Waals surface area contributed by atoms with E-state index in [4.69, 9.17) is 9.47 Å². The van der Waals surface area contributed by atoms with Gasteiger partial charge in [-0.05, 0) is 48.0 Å². The molecular weight excluding hydrogens is 336 g/mol. The molecule has 1 saturated heterocycles. The zero-order valence-corrected chi connectivity index (χ0v) is 17.5. The number of amides is 1. The van der Waals surface area contributed by atoms with Crippen LogP contribution in [0.25, 0.3) is 0 Å². The number of β-amino-alcohol motifs (C(OH)–C–C–N with tert-alkyl or cyclic N) is 1. The first-order valence-electron chi connectivity index (χ1n) is 9.28. The van der Waals surface area contributed by atoms with Gasteiger partial charge in [0.2, 0.25) is 0 Å². The van der Waals surface area contributed by atoms with E-state index in [0.717, 1.165) is 0 Å². The Morgan fingerprint density at radius 2 is 1.69 bits per heavy atom. The first kappa shape index (κ1) is 22.7. The number of rotatable bonds is 5. The van der Waals surface area contributed by atoms with E-state index in [9.17, 15) is 14.7 Å². The monoisotopic (exact) mass is 372 g/mol. The number of nitrogens with zero attached hydrogens (tertiary/aromatic N) is 2. The van der Waals surface area contributed by atoms with Gasteiger partial charge in [0.25, 0.3) is 0 Å². The molecule has 0 spiro atoms. The summed E-state index contributed by atoms with van der Waals surface area (Å²) in [7, 11) is 1.66. The van der Waals surface area contributed by atoms with Crippen LogP contribution < -0.4 is 0 Å². The Hall–Kier alpha value is -1.34. The summed E-state index contributed by atoms with van der Waals surface area (Å²) >= 11 is 0. The summed E-state index contributed by atoms with van der Waals surface area (Å²) in [5, 5.41) is 9.86. The lowest BCUT2D eigenvalue weighted by Gasteiger charge is -2.35. The first-order chi connectivity index (χ1) is 11.7. The van der Waals surface area contributed by atoms with Crippen molar-refractivity contribution < 1.29 is 24.2 Å². The van der Waals surface area contributed by atoms with Gasteiger partial charge in [0.1, 0.15) is 17.2 Å². The molecule has 0 aliphatic carbocycles. The molecule has 0 aromatic heterocycles. The average Bonchev–Trinajstić information content (AvgIpc) is 2.80. The second-order valence-corrected chi connectivity index (χ2v) is 9.25. The molecule has 0 aromatic carbocycles. The number of esters is 1. The number of aliphatic hydroxyl groups excluding tert-OH is 1. The van der Waals surface area contributed by atoms with E-state index in [2.05, 4.69) is 0 Å². The fourth-order valence-corrected chi connectivity index (χ4v) is 3.07. The molecule has 1 aliphatic heterocycles. The fraction of sp³-hybridized carbons (Fsp3) is 0.895. The van der Waals surface area contributed by atoms with Crippen LogP contribution in [-0.4, -0.2) is 77.0 Å². The van der Waals surface area contributed by atoms with Crippen molar-refractivity contribution >= 4 is 12.1 Å². The van der Waals surface area contributed by atoms with Crippen LogP contribution in [-0.2, 0) is 14.3 Å². The molecule has 1 heterocycles. The molecule has 0 unspecified atom stereocenters. The molecule has 1 aliphatic rings. The van der Waals surface area contributed by atoms with Gasteiger partial charge in [-0.15, -0.1) is 0 Å². The normalized spacial score (nSPS) is 21.2. The zero-order chi connectivity index (χ0) is 20.3. The van der Waals surface area contributed by atoms with Gasteiger partial charge in [0.05, 0.1) is 6.10 Å². The third-order valence-electron chi connectivity index (χ3n) is 4.04. The lowest BCUT2D eigenvalue weighted by atomic mass is 9.99. The highest BCUT2D eigenvalue weighted by Crippen LogP contribution is 2.23. The highest BCUT2D eigenvalue weighted by molar-refractivity contribution is 5.77. The smallest absolute Gasteiger partial charge is 0.410 e. The van der Waals surface area contributed by atoms with Gasteiger partial charge < -0.3 is 19.5 Å². The Kier molecular flexibility index (Phi) is 7.48. The molecule has 26 heavy (non-hydrogen) atoms. The second kappa shape index (κ2) is 8.57. The maximum Gasteiger partial charge on any atom is 0.410 e. The summed E-state index contributed by atoms with van der Waals surface area (Å²) in [5.74, 6) is -0.496. The Labute approximate surface area is 157 Å². The van der Waals surface area contributed by atoms with Crippen molar-refractivity contribution in [1.29, 1.82) is 0 Å². The lowest BCUT2D eigenvalue weighted by molar-refractivity contribution is -0.163. The van der Waals surface area contributed by atoms with Gasteiger partial charge in [-0.2, -0.15) is 0 Å². The Balaban J connectivity index is 2.85. The SMILES string of the molecule is C[C@H](CN(C)C(=O)OC(C)(C)C)[C@H](C(=O)OC(C)(C)C)N1CC[C@@H](O)C1. The van der Waals surface area contributed by atoms with Crippen LogP contribution >= 0.6 is 0 Å². The standard InChI is InChI=1S/C19H36N2O5/c1-13(11-20(8)17(24)26-19(5,6)7)15(16(23)25-18(2,3)4)21-10-9-14(22)12-21/h13-15,22H,9-12H2,1-8H3/t13-,14-,15-/m1/s1. The van der Waals surface area contributed by atoms with Crippen LogP contribution in [0.4, 0.5) is 4.79 Å². The topological polar surface area (TPSA) is 79.3 Å². The van der Waals surface area contributed by atoms with Crippen molar-refractivity contribution in [3.05, 3.63) is 0 Å². The Bertz CT molecular complexity index is 495. The van der Waals surface area contributed by atoms with Crippen LogP contribution in [0.5, 0.6) is 0 Å². The molecule has 0 radical (unpaired) electrons. The largest absolute Gasteiger partial charge is 0.459 e. The highest BCUT2D eigenvalue weighted by atomic mass is 16.6. The van der Waals surface area contributed by atoms with Gasteiger partial charge in [0, 0.05) is 32.6 Å². The minimum atomic E-state index is -0.593. The predicted molar refractivity (Wildman–Crippen MR) is 99.9 cm³/mol. The Morgan fingerprint density at radius 1 is 1.15 bits per heavy atom. The van der Waals surface area contributed by atoms with Gasteiger partial charge in [-0.3, -0.25) is 9.69 Å². The Morgan fingerprint density at radius 3 is 2.12 bits per heavy atom. The molecule has 1 rings (SSSR count). The van der Waals surface area contributed by atoms with Crippen molar-refractivity contribution in [2.24, 2.45) is 5.92 Å². The van der Waals surface area contributed by atoms with E-state index in [-0.39, 0.29) is 11.9 Å². The quantitative estimate of drug-likeness (QED) is 0.746. The van der Waals surface area contributed by atoms with E-state index >= 15 is 0 Å².